The average Bonchev–Trinajstić information content (AvgIpc) is 3.70. The quantitative estimate of drug-likeness (QED) is 0.144. The van der Waals surface area contributed by atoms with E-state index in [0.29, 0.717) is 25.0 Å². The number of hydrogen-bond donors (Lipinski definition) is 5. The van der Waals surface area contributed by atoms with Gasteiger partial charge in [-0.3, -0.25) is 19.2 Å². The zero-order valence-electron chi connectivity index (χ0n) is 30.6. The van der Waals surface area contributed by atoms with Crippen LogP contribution < -0.4 is 26.8 Å². The predicted molar refractivity (Wildman–Crippen MR) is 205 cm³/mol. The van der Waals surface area contributed by atoms with Crippen LogP contribution in [-0.4, -0.2) is 76.0 Å². The Balaban J connectivity index is 0.00000729. The lowest BCUT2D eigenvalue weighted by Crippen LogP contribution is -2.57. The van der Waals surface area contributed by atoms with Crippen LogP contribution in [0, 0.1) is 12.3 Å². The van der Waals surface area contributed by atoms with E-state index < -0.39 is 35.4 Å². The molecule has 5 atom stereocenters. The normalized spacial score (nSPS) is 17.4. The smallest absolute Gasteiger partial charge is 0.246 e. The van der Waals surface area contributed by atoms with Gasteiger partial charge in [0.05, 0.1) is 28.2 Å². The molecule has 0 saturated carbocycles. The number of carbonyl (C=O) groups excluding carboxylic acids is 4. The second-order valence-corrected chi connectivity index (χ2v) is 15.3. The second-order valence-electron chi connectivity index (χ2n) is 14.5. The Bertz CT molecular complexity index is 1660. The zero-order valence-corrected chi connectivity index (χ0v) is 32.2. The van der Waals surface area contributed by atoms with Crippen LogP contribution in [0.2, 0.25) is 0 Å². The fraction of sp³-hybridized carbons (Fsp3) is 0.500. The highest BCUT2D eigenvalue weighted by molar-refractivity contribution is 7.13. The van der Waals surface area contributed by atoms with Crippen molar-refractivity contribution in [1.29, 1.82) is 0 Å². The number of rotatable bonds is 16. The summed E-state index contributed by atoms with van der Waals surface area (Å²) in [5, 5.41) is 16.5. The fourth-order valence-corrected chi connectivity index (χ4v) is 6.92. The third-order valence-electron chi connectivity index (χ3n) is 9.05. The Morgan fingerprint density at radius 3 is 2.44 bits per heavy atom. The molecule has 1 aliphatic rings. The molecule has 2 heterocycles. The fourth-order valence-electron chi connectivity index (χ4n) is 6.11. The lowest BCUT2D eigenvalue weighted by atomic mass is 9.85. The Hall–Kier alpha value is -4.04. The van der Waals surface area contributed by atoms with Gasteiger partial charge < -0.3 is 36.8 Å². The molecule has 2 aromatic carbocycles. The number of aryl methyl sites for hydroxylation is 2. The molecule has 7 N–H and O–H groups in total. The van der Waals surface area contributed by atoms with E-state index in [1.807, 2.05) is 88.7 Å². The van der Waals surface area contributed by atoms with Crippen molar-refractivity contribution in [2.75, 3.05) is 13.2 Å². The number of aliphatic hydroxyl groups excluding tert-OH is 1. The summed E-state index contributed by atoms with van der Waals surface area (Å²) < 4.78 is 5.78. The minimum absolute atomic E-state index is 0. The molecule has 4 rings (SSSR count). The molecule has 4 amide bonds. The maximum absolute atomic E-state index is 14.0. The molecule has 3 aromatic rings. The summed E-state index contributed by atoms with van der Waals surface area (Å²) in [7, 11) is 0. The number of carbonyl (C=O) groups is 4. The number of nitrogens with one attached hydrogen (secondary N) is 2. The topological polar surface area (TPSA) is 190 Å². The molecule has 1 aromatic heterocycles. The molecular formula is C38H53ClN6O6S. The Morgan fingerprint density at radius 2 is 1.81 bits per heavy atom. The summed E-state index contributed by atoms with van der Waals surface area (Å²) in [5.74, 6) is -0.785. The van der Waals surface area contributed by atoms with Gasteiger partial charge in [0, 0.05) is 31.8 Å². The molecule has 0 unspecified atom stereocenters. The van der Waals surface area contributed by atoms with E-state index in [2.05, 4.69) is 15.6 Å². The van der Waals surface area contributed by atoms with E-state index in [4.69, 9.17) is 16.2 Å². The van der Waals surface area contributed by atoms with Gasteiger partial charge in [0.1, 0.15) is 24.4 Å². The minimum atomic E-state index is -0.902. The van der Waals surface area contributed by atoms with Gasteiger partial charge in [-0.05, 0) is 67.3 Å². The van der Waals surface area contributed by atoms with E-state index in [-0.39, 0.29) is 68.7 Å². The number of hydrogen-bond acceptors (Lipinski definition) is 9. The van der Waals surface area contributed by atoms with Gasteiger partial charge >= 0.3 is 0 Å². The summed E-state index contributed by atoms with van der Waals surface area (Å²) in [5.41, 5.74) is 16.3. The average molecular weight is 757 g/mol. The summed E-state index contributed by atoms with van der Waals surface area (Å²) >= 11 is 1.58. The van der Waals surface area contributed by atoms with Gasteiger partial charge in [-0.2, -0.15) is 0 Å². The van der Waals surface area contributed by atoms with Crippen LogP contribution in [0.4, 0.5) is 0 Å². The third kappa shape index (κ3) is 12.0. The highest BCUT2D eigenvalue weighted by Gasteiger charge is 2.44. The number of aliphatic hydroxyl groups is 1. The van der Waals surface area contributed by atoms with Crippen molar-refractivity contribution in [3.05, 3.63) is 70.9 Å². The minimum Gasteiger partial charge on any atom is -0.492 e. The lowest BCUT2D eigenvalue weighted by Gasteiger charge is -2.35. The molecule has 0 spiro atoms. The lowest BCUT2D eigenvalue weighted by molar-refractivity contribution is -0.144. The van der Waals surface area contributed by atoms with E-state index in [1.54, 1.807) is 11.3 Å². The van der Waals surface area contributed by atoms with Crippen molar-refractivity contribution in [1.82, 2.24) is 20.5 Å². The van der Waals surface area contributed by atoms with Crippen LogP contribution in [0.1, 0.15) is 82.7 Å². The molecule has 0 aliphatic carbocycles. The van der Waals surface area contributed by atoms with Gasteiger partial charge in [-0.1, -0.05) is 57.2 Å². The molecular weight excluding hydrogens is 704 g/mol. The molecule has 1 fully saturated rings. The Kier molecular flexibility index (Phi) is 15.6. The molecule has 1 saturated heterocycles. The van der Waals surface area contributed by atoms with Gasteiger partial charge in [-0.25, -0.2) is 4.98 Å². The van der Waals surface area contributed by atoms with Gasteiger partial charge in [0.2, 0.25) is 23.6 Å². The van der Waals surface area contributed by atoms with Crippen molar-refractivity contribution < 1.29 is 29.0 Å². The summed E-state index contributed by atoms with van der Waals surface area (Å²) in [4.78, 5) is 58.6. The number of likely N-dealkylation sites (tertiary alicyclic amines) is 1. The summed E-state index contributed by atoms with van der Waals surface area (Å²) in [6.07, 6.45) is 1.23. The number of nitrogens with zero attached hydrogens (tertiary/aromatic N) is 2. The number of aromatic nitrogens is 1. The number of β-amino-alcohol motifs (C(OH)–C–C–N with tert-alkyl or cyclic N) is 1. The maximum atomic E-state index is 14.0. The summed E-state index contributed by atoms with van der Waals surface area (Å²) in [6, 6.07) is 13.0. The monoisotopic (exact) mass is 756 g/mol. The Labute approximate surface area is 316 Å². The van der Waals surface area contributed by atoms with Gasteiger partial charge in [-0.15, -0.1) is 23.7 Å². The van der Waals surface area contributed by atoms with E-state index >= 15 is 0 Å². The molecule has 1 aliphatic heterocycles. The molecule has 0 radical (unpaired) electrons. The van der Waals surface area contributed by atoms with Crippen LogP contribution in [0.25, 0.3) is 10.4 Å². The molecule has 52 heavy (non-hydrogen) atoms. The third-order valence-corrected chi connectivity index (χ3v) is 10.0. The second kappa shape index (κ2) is 19.2. The van der Waals surface area contributed by atoms with Crippen molar-refractivity contribution >= 4 is 47.4 Å². The highest BCUT2D eigenvalue weighted by atomic mass is 35.5. The first kappa shape index (κ1) is 42.4. The maximum Gasteiger partial charge on any atom is 0.246 e. The van der Waals surface area contributed by atoms with Crippen LogP contribution in [-0.2, 0) is 25.6 Å². The van der Waals surface area contributed by atoms with Gasteiger partial charge in [0.15, 0.2) is 0 Å². The van der Waals surface area contributed by atoms with Crippen molar-refractivity contribution in [3.8, 4) is 16.2 Å². The largest absolute Gasteiger partial charge is 0.492 e. The number of thiazole rings is 1. The van der Waals surface area contributed by atoms with Crippen molar-refractivity contribution in [2.24, 2.45) is 16.9 Å². The van der Waals surface area contributed by atoms with Gasteiger partial charge in [0.25, 0.3) is 0 Å². The SMILES string of the molecule is Cc1ncsc1-c1ccc([C@H](C)NC(=O)[C@@H]2C[C@@H](O)CN2C(=O)[C@@H](NC(=O)CCCc2cccc(OC[C@@H](N)CCC(N)=O)c2)C(C)(C)C)cc1.Cl. The first-order valence-corrected chi connectivity index (χ1v) is 18.3. The first-order valence-electron chi connectivity index (χ1n) is 17.5. The standard InChI is InChI=1S/C38H52N6O6S.ClH/c1-23(26-12-14-27(15-13-26)34-24(2)41-22-51-34)42-36(48)31-19-29(45)20-44(31)37(49)35(38(3,4)5)43-33(47)11-7-9-25-8-6-10-30(18-25)50-21-28(39)16-17-32(40)46;/h6,8,10,12-15,18,22-23,28-29,31,35,45H,7,9,11,16-17,19-21,39H2,1-5H3,(H2,40,46)(H,42,48)(H,43,47);1H/t23-,28-,29+,31-,35+;/m0./s1. The number of primary amides is 1. The van der Waals surface area contributed by atoms with Crippen molar-refractivity contribution in [2.45, 2.75) is 103 Å². The van der Waals surface area contributed by atoms with E-state index in [0.717, 1.165) is 27.3 Å². The van der Waals surface area contributed by atoms with E-state index in [9.17, 15) is 24.3 Å². The highest BCUT2D eigenvalue weighted by Crippen LogP contribution is 2.30. The Morgan fingerprint density at radius 1 is 1.10 bits per heavy atom. The zero-order chi connectivity index (χ0) is 37.3. The van der Waals surface area contributed by atoms with Crippen LogP contribution in [0.3, 0.4) is 0 Å². The number of nitrogens with two attached hydrogens (primary N) is 2. The molecule has 12 nitrogen and oxygen atoms in total. The predicted octanol–water partition coefficient (Wildman–Crippen LogP) is 4.20. The first-order chi connectivity index (χ1) is 24.1. The molecule has 284 valence electrons. The van der Waals surface area contributed by atoms with Crippen LogP contribution in [0.15, 0.2) is 54.0 Å². The van der Waals surface area contributed by atoms with Crippen LogP contribution >= 0.6 is 23.7 Å². The van der Waals surface area contributed by atoms with E-state index in [1.165, 1.54) is 4.90 Å². The number of benzene rings is 2. The van der Waals surface area contributed by atoms with Crippen molar-refractivity contribution in [3.63, 3.8) is 0 Å². The number of halogens is 1. The van der Waals surface area contributed by atoms with Crippen LogP contribution in [0.5, 0.6) is 5.75 Å². The molecule has 0 bridgehead atoms. The number of ether oxygens (including phenoxy) is 1. The number of amides is 4. The summed E-state index contributed by atoms with van der Waals surface area (Å²) in [6.45, 7) is 9.70. The molecule has 14 heteroatoms.